The highest BCUT2D eigenvalue weighted by Gasteiger charge is 2.37. The van der Waals surface area contributed by atoms with Crippen LogP contribution in [0, 0.1) is 4.77 Å². The Bertz CT molecular complexity index is 1670. The number of nitrogens with one attached hydrogen (secondary N) is 3. The van der Waals surface area contributed by atoms with Crippen LogP contribution in [0.25, 0.3) is 27.6 Å². The minimum atomic E-state index is -1.59. The van der Waals surface area contributed by atoms with Crippen molar-refractivity contribution < 1.29 is 19.1 Å². The fraction of sp³-hybridized carbons (Fsp3) is 0.0800. The number of carbonyl (C=O) groups excluding carboxylic acids is 3. The molecule has 5 aromatic rings. The van der Waals surface area contributed by atoms with Gasteiger partial charge in [-0.1, -0.05) is 60.7 Å². The van der Waals surface area contributed by atoms with E-state index in [0.29, 0.717) is 5.13 Å². The molecule has 0 aliphatic carbocycles. The zero-order valence-corrected chi connectivity index (χ0v) is 21.4. The SMILES string of the molecule is COC(=O)[C@H](C(=O)C(=O)Nc1nc(=S)[nH][nH]1)c1csc(-n2nc(-c3ccccc3)cc2-c2ccccc2)n1. The van der Waals surface area contributed by atoms with E-state index in [9.17, 15) is 14.4 Å². The van der Waals surface area contributed by atoms with Crippen molar-refractivity contribution in [2.24, 2.45) is 0 Å². The van der Waals surface area contributed by atoms with Crippen LogP contribution in [0.15, 0.2) is 72.1 Å². The fourth-order valence-electron chi connectivity index (χ4n) is 3.71. The number of benzene rings is 2. The molecule has 0 aliphatic rings. The number of rotatable bonds is 8. The molecule has 190 valence electrons. The number of aromatic nitrogens is 6. The number of hydrogen-bond acceptors (Lipinski definition) is 9. The lowest BCUT2D eigenvalue weighted by Crippen LogP contribution is -2.33. The van der Waals surface area contributed by atoms with Gasteiger partial charge in [0.25, 0.3) is 5.91 Å². The number of aromatic amines is 2. The van der Waals surface area contributed by atoms with Crippen LogP contribution in [0.4, 0.5) is 5.95 Å². The first-order valence-corrected chi connectivity index (χ1v) is 12.5. The van der Waals surface area contributed by atoms with Crippen molar-refractivity contribution in [2.45, 2.75) is 5.92 Å². The van der Waals surface area contributed by atoms with Crippen molar-refractivity contribution in [2.75, 3.05) is 12.4 Å². The molecule has 0 unspecified atom stereocenters. The van der Waals surface area contributed by atoms with Crippen LogP contribution in [0.1, 0.15) is 11.6 Å². The monoisotopic (exact) mass is 545 g/mol. The van der Waals surface area contributed by atoms with Gasteiger partial charge in [-0.3, -0.25) is 29.9 Å². The predicted octanol–water partition coefficient (Wildman–Crippen LogP) is 3.91. The Hall–Kier alpha value is -4.75. The quantitative estimate of drug-likeness (QED) is 0.115. The number of methoxy groups -OCH3 is 1. The fourth-order valence-corrected chi connectivity index (χ4v) is 4.66. The van der Waals surface area contributed by atoms with E-state index in [1.165, 1.54) is 16.7 Å². The Morgan fingerprint density at radius 2 is 1.68 bits per heavy atom. The molecule has 0 bridgehead atoms. The highest BCUT2D eigenvalue weighted by molar-refractivity contribution is 7.71. The van der Waals surface area contributed by atoms with Crippen molar-refractivity contribution in [3.63, 3.8) is 0 Å². The summed E-state index contributed by atoms with van der Waals surface area (Å²) in [5.74, 6) is -4.72. The third kappa shape index (κ3) is 5.05. The van der Waals surface area contributed by atoms with E-state index >= 15 is 0 Å². The maximum absolute atomic E-state index is 13.0. The summed E-state index contributed by atoms with van der Waals surface area (Å²) < 4.78 is 6.55. The first-order valence-electron chi connectivity index (χ1n) is 11.2. The molecule has 2 aromatic carbocycles. The van der Waals surface area contributed by atoms with Crippen LogP contribution >= 0.6 is 23.6 Å². The molecule has 0 radical (unpaired) electrons. The number of nitrogens with zero attached hydrogens (tertiary/aromatic N) is 4. The summed E-state index contributed by atoms with van der Waals surface area (Å²) in [6.07, 6.45) is 0. The van der Waals surface area contributed by atoms with Gasteiger partial charge >= 0.3 is 5.97 Å². The molecule has 0 saturated heterocycles. The third-order valence-electron chi connectivity index (χ3n) is 5.49. The van der Waals surface area contributed by atoms with E-state index < -0.39 is 23.6 Å². The molecule has 3 aromatic heterocycles. The van der Waals surface area contributed by atoms with Gasteiger partial charge in [0.1, 0.15) is 0 Å². The molecule has 0 spiro atoms. The Labute approximate surface area is 224 Å². The maximum atomic E-state index is 13.0. The number of carbonyl (C=O) groups is 3. The molecule has 0 saturated carbocycles. The van der Waals surface area contributed by atoms with Gasteiger partial charge in [-0.25, -0.2) is 9.67 Å². The Kier molecular flexibility index (Phi) is 7.02. The molecule has 0 fully saturated rings. The second-order valence-corrected chi connectivity index (χ2v) is 9.13. The lowest BCUT2D eigenvalue weighted by atomic mass is 10.0. The third-order valence-corrected chi connectivity index (χ3v) is 6.52. The number of thiazole rings is 1. The Morgan fingerprint density at radius 1 is 1.00 bits per heavy atom. The molecular formula is C25H19N7O4S2. The molecule has 1 atom stereocenters. The lowest BCUT2D eigenvalue weighted by molar-refractivity contribution is -0.148. The van der Waals surface area contributed by atoms with E-state index in [1.807, 2.05) is 66.7 Å². The zero-order chi connectivity index (χ0) is 26.6. The van der Waals surface area contributed by atoms with Crippen molar-refractivity contribution in [3.05, 3.63) is 82.6 Å². The number of Topliss-reactive ketones (excluding diaryl/α,β-unsaturated/α-hetero) is 1. The molecule has 0 aliphatic heterocycles. The molecular weight excluding hydrogens is 526 g/mol. The second kappa shape index (κ2) is 10.7. The minimum absolute atomic E-state index is 0.0581. The van der Waals surface area contributed by atoms with Crippen LogP contribution in [0.2, 0.25) is 0 Å². The number of ether oxygens (including phenoxy) is 1. The summed E-state index contributed by atoms with van der Waals surface area (Å²) in [5.41, 5.74) is 3.35. The van der Waals surface area contributed by atoms with Crippen molar-refractivity contribution >= 4 is 47.2 Å². The van der Waals surface area contributed by atoms with E-state index in [4.69, 9.17) is 22.1 Å². The standard InChI is InChI=1S/C25H19N7O4S2/c1-36-22(35)19(20(33)21(34)27-23-28-24(37)30-29-23)17-13-38-25(26-17)32-18(15-10-6-3-7-11-15)12-16(31-32)14-8-4-2-5-9-14/h2-13,19H,1H3,(H3,27,28,29,30,34,37)/t19-/m0/s1. The Balaban J connectivity index is 1.52. The maximum Gasteiger partial charge on any atom is 0.323 e. The van der Waals surface area contributed by atoms with Gasteiger partial charge in [0.15, 0.2) is 5.92 Å². The first kappa shape index (κ1) is 24.9. The topological polar surface area (TPSA) is 148 Å². The number of H-pyrrole nitrogens is 2. The number of anilines is 1. The van der Waals surface area contributed by atoms with E-state index in [0.717, 1.165) is 29.6 Å². The number of esters is 1. The highest BCUT2D eigenvalue weighted by Crippen LogP contribution is 2.31. The van der Waals surface area contributed by atoms with E-state index in [2.05, 4.69) is 25.5 Å². The summed E-state index contributed by atoms with van der Waals surface area (Å²) >= 11 is 6.02. The van der Waals surface area contributed by atoms with Gasteiger partial charge in [0.2, 0.25) is 21.6 Å². The summed E-state index contributed by atoms with van der Waals surface area (Å²) in [6, 6.07) is 21.2. The number of ketones is 1. The van der Waals surface area contributed by atoms with Gasteiger partial charge in [-0.05, 0) is 18.3 Å². The second-order valence-electron chi connectivity index (χ2n) is 7.90. The summed E-state index contributed by atoms with van der Waals surface area (Å²) in [7, 11) is 1.13. The molecule has 3 N–H and O–H groups in total. The number of amides is 1. The van der Waals surface area contributed by atoms with Gasteiger partial charge in [0.05, 0.1) is 24.2 Å². The van der Waals surface area contributed by atoms with Crippen molar-refractivity contribution in [3.8, 4) is 27.6 Å². The lowest BCUT2D eigenvalue weighted by Gasteiger charge is -2.10. The molecule has 5 rings (SSSR count). The molecule has 13 heteroatoms. The summed E-state index contributed by atoms with van der Waals surface area (Å²) in [6.45, 7) is 0. The van der Waals surface area contributed by atoms with E-state index in [-0.39, 0.29) is 16.4 Å². The van der Waals surface area contributed by atoms with Crippen LogP contribution in [-0.2, 0) is 19.1 Å². The number of hydrogen-bond donors (Lipinski definition) is 3. The van der Waals surface area contributed by atoms with Gasteiger partial charge in [0, 0.05) is 16.5 Å². The van der Waals surface area contributed by atoms with Gasteiger partial charge < -0.3 is 4.74 Å². The van der Waals surface area contributed by atoms with E-state index in [1.54, 1.807) is 4.68 Å². The van der Waals surface area contributed by atoms with Crippen molar-refractivity contribution in [1.82, 2.24) is 29.9 Å². The van der Waals surface area contributed by atoms with Gasteiger partial charge in [-0.15, -0.1) is 11.3 Å². The first-order chi connectivity index (χ1) is 18.4. The average molecular weight is 546 g/mol. The summed E-state index contributed by atoms with van der Waals surface area (Å²) in [4.78, 5) is 46.6. The predicted molar refractivity (Wildman–Crippen MR) is 142 cm³/mol. The van der Waals surface area contributed by atoms with Crippen LogP contribution in [0.3, 0.4) is 0 Å². The zero-order valence-electron chi connectivity index (χ0n) is 19.7. The molecule has 11 nitrogen and oxygen atoms in total. The minimum Gasteiger partial charge on any atom is -0.468 e. The normalized spacial score (nSPS) is 11.6. The molecule has 1 amide bonds. The largest absolute Gasteiger partial charge is 0.468 e. The Morgan fingerprint density at radius 3 is 2.32 bits per heavy atom. The molecule has 38 heavy (non-hydrogen) atoms. The van der Waals surface area contributed by atoms with Crippen LogP contribution < -0.4 is 5.32 Å². The van der Waals surface area contributed by atoms with Crippen molar-refractivity contribution in [1.29, 1.82) is 0 Å². The smallest absolute Gasteiger partial charge is 0.323 e. The van der Waals surface area contributed by atoms with Gasteiger partial charge in [-0.2, -0.15) is 10.1 Å². The van der Waals surface area contributed by atoms with Crippen LogP contribution in [-0.4, -0.2) is 54.7 Å². The average Bonchev–Trinajstić information content (AvgIpc) is 3.69. The summed E-state index contributed by atoms with van der Waals surface area (Å²) in [5, 5.41) is 14.0. The molecule has 3 heterocycles. The highest BCUT2D eigenvalue weighted by atomic mass is 32.1. The van der Waals surface area contributed by atoms with Crippen LogP contribution in [0.5, 0.6) is 0 Å².